The number of aromatic hydroxyl groups is 1. The van der Waals surface area contributed by atoms with Gasteiger partial charge < -0.3 is 15.2 Å². The molecule has 0 unspecified atom stereocenters. The fraction of sp³-hybridized carbons (Fsp3) is 0.125. The first-order valence-electron chi connectivity index (χ1n) is 6.21. The van der Waals surface area contributed by atoms with Crippen LogP contribution in [0, 0.1) is 12.7 Å². The van der Waals surface area contributed by atoms with Crippen LogP contribution in [0.2, 0.25) is 5.02 Å². The van der Waals surface area contributed by atoms with Gasteiger partial charge in [-0.2, -0.15) is 0 Å². The van der Waals surface area contributed by atoms with Gasteiger partial charge >= 0.3 is 0 Å². The molecule has 2 N–H and O–H groups in total. The number of phenols is 1. The summed E-state index contributed by atoms with van der Waals surface area (Å²) in [5, 5.41) is 12.9. The topological polar surface area (TPSA) is 41.5 Å². The van der Waals surface area contributed by atoms with Crippen molar-refractivity contribution < 1.29 is 14.2 Å². The van der Waals surface area contributed by atoms with Crippen molar-refractivity contribution in [1.29, 1.82) is 0 Å². The summed E-state index contributed by atoms with van der Waals surface area (Å²) in [5.41, 5.74) is 2.64. The molecule has 5 heteroatoms. The van der Waals surface area contributed by atoms with Crippen LogP contribution in [0.1, 0.15) is 11.1 Å². The highest BCUT2D eigenvalue weighted by Gasteiger charge is 2.10. The molecule has 2 aromatic carbocycles. The molecule has 0 heterocycles. The first kappa shape index (κ1) is 15.2. The molecule has 110 valence electrons. The molecule has 0 aliphatic carbocycles. The molecule has 0 spiro atoms. The van der Waals surface area contributed by atoms with E-state index >= 15 is 0 Å². The van der Waals surface area contributed by atoms with Gasteiger partial charge in [0.25, 0.3) is 0 Å². The maximum absolute atomic E-state index is 13.4. The third kappa shape index (κ3) is 3.28. The highest BCUT2D eigenvalue weighted by molar-refractivity contribution is 6.30. The molecule has 3 nitrogen and oxygen atoms in total. The summed E-state index contributed by atoms with van der Waals surface area (Å²) in [6, 6.07) is 7.65. The standard InChI is InChI=1S/C16H15ClFNO2/c1-9-6-16(21-3)15(20)8-12(9)10(2)19-11-4-5-13(17)14(18)7-11/h4-8,19-20H,2H2,1,3H3. The van der Waals surface area contributed by atoms with Crippen molar-refractivity contribution in [3.05, 3.63) is 58.9 Å². The van der Waals surface area contributed by atoms with Gasteiger partial charge in [0.1, 0.15) is 5.82 Å². The molecule has 0 radical (unpaired) electrons. The maximum Gasteiger partial charge on any atom is 0.160 e. The van der Waals surface area contributed by atoms with Crippen LogP contribution >= 0.6 is 11.6 Å². The van der Waals surface area contributed by atoms with Gasteiger partial charge in [-0.3, -0.25) is 0 Å². The number of benzene rings is 2. The Bertz CT molecular complexity index is 701. The highest BCUT2D eigenvalue weighted by atomic mass is 35.5. The molecule has 2 rings (SSSR count). The summed E-state index contributed by atoms with van der Waals surface area (Å²) in [6.07, 6.45) is 0. The lowest BCUT2D eigenvalue weighted by atomic mass is 10.0. The molecule has 0 aromatic heterocycles. The minimum atomic E-state index is -0.510. The van der Waals surface area contributed by atoms with Crippen molar-refractivity contribution in [1.82, 2.24) is 0 Å². The average molecular weight is 308 g/mol. The Morgan fingerprint density at radius 3 is 2.67 bits per heavy atom. The second kappa shape index (κ2) is 6.06. The lowest BCUT2D eigenvalue weighted by Gasteiger charge is -2.14. The minimum Gasteiger partial charge on any atom is -0.504 e. The lowest BCUT2D eigenvalue weighted by molar-refractivity contribution is 0.373. The molecular formula is C16H15ClFNO2. The zero-order valence-corrected chi connectivity index (χ0v) is 12.5. The lowest BCUT2D eigenvalue weighted by Crippen LogP contribution is -2.00. The summed E-state index contributed by atoms with van der Waals surface area (Å²) < 4.78 is 18.5. The summed E-state index contributed by atoms with van der Waals surface area (Å²) in [7, 11) is 1.48. The Labute approximate surface area is 127 Å². The second-order valence-electron chi connectivity index (χ2n) is 4.57. The van der Waals surface area contributed by atoms with E-state index in [2.05, 4.69) is 11.9 Å². The van der Waals surface area contributed by atoms with E-state index in [1.54, 1.807) is 18.2 Å². The van der Waals surface area contributed by atoms with Crippen LogP contribution in [0.5, 0.6) is 11.5 Å². The van der Waals surface area contributed by atoms with Crippen LogP contribution in [0.25, 0.3) is 5.70 Å². The summed E-state index contributed by atoms with van der Waals surface area (Å²) in [6.45, 7) is 5.78. The number of hydrogen-bond acceptors (Lipinski definition) is 3. The third-order valence-corrected chi connectivity index (χ3v) is 3.37. The van der Waals surface area contributed by atoms with Crippen molar-refractivity contribution >= 4 is 23.0 Å². The smallest absolute Gasteiger partial charge is 0.160 e. The van der Waals surface area contributed by atoms with Gasteiger partial charge in [0.15, 0.2) is 11.5 Å². The summed E-state index contributed by atoms with van der Waals surface area (Å²) in [5.74, 6) is -0.103. The number of phenolic OH excluding ortho intramolecular Hbond substituents is 1. The molecule has 0 aliphatic rings. The molecule has 21 heavy (non-hydrogen) atoms. The van der Waals surface area contributed by atoms with E-state index in [1.165, 1.54) is 19.2 Å². The SMILES string of the molecule is C=C(Nc1ccc(Cl)c(F)c1)c1cc(O)c(OC)cc1C. The molecule has 0 aliphatic heterocycles. The summed E-state index contributed by atoms with van der Waals surface area (Å²) in [4.78, 5) is 0. The molecule has 0 bridgehead atoms. The highest BCUT2D eigenvalue weighted by Crippen LogP contribution is 2.32. The van der Waals surface area contributed by atoms with Crippen molar-refractivity contribution in [2.24, 2.45) is 0 Å². The molecule has 0 saturated carbocycles. The number of ether oxygens (including phenoxy) is 1. The predicted molar refractivity (Wildman–Crippen MR) is 83.5 cm³/mol. The number of hydrogen-bond donors (Lipinski definition) is 2. The van der Waals surface area contributed by atoms with E-state index in [1.807, 2.05) is 6.92 Å². The van der Waals surface area contributed by atoms with E-state index in [9.17, 15) is 9.50 Å². The Hall–Kier alpha value is -2.20. The first-order valence-corrected chi connectivity index (χ1v) is 6.59. The molecule has 0 amide bonds. The van der Waals surface area contributed by atoms with Crippen molar-refractivity contribution in [2.75, 3.05) is 12.4 Å². The quantitative estimate of drug-likeness (QED) is 0.868. The molecular weight excluding hydrogens is 293 g/mol. The van der Waals surface area contributed by atoms with Gasteiger partial charge in [-0.25, -0.2) is 4.39 Å². The fourth-order valence-corrected chi connectivity index (χ4v) is 2.09. The van der Waals surface area contributed by atoms with E-state index < -0.39 is 5.82 Å². The van der Waals surface area contributed by atoms with Crippen molar-refractivity contribution in [2.45, 2.75) is 6.92 Å². The maximum atomic E-state index is 13.4. The third-order valence-electron chi connectivity index (χ3n) is 3.07. The average Bonchev–Trinajstić information content (AvgIpc) is 2.44. The Morgan fingerprint density at radius 2 is 2.05 bits per heavy atom. The monoisotopic (exact) mass is 307 g/mol. The van der Waals surface area contributed by atoms with Crippen LogP contribution in [-0.2, 0) is 0 Å². The Balaban J connectivity index is 2.28. The zero-order chi connectivity index (χ0) is 15.6. The van der Waals surface area contributed by atoms with Gasteiger partial charge in [0.2, 0.25) is 0 Å². The van der Waals surface area contributed by atoms with Crippen molar-refractivity contribution in [3.63, 3.8) is 0 Å². The predicted octanol–water partition coefficient (Wildman–Crippen LogP) is 4.58. The van der Waals surface area contributed by atoms with E-state index in [4.69, 9.17) is 16.3 Å². The van der Waals surface area contributed by atoms with Crippen molar-refractivity contribution in [3.8, 4) is 11.5 Å². The number of rotatable bonds is 4. The Morgan fingerprint density at radius 1 is 1.33 bits per heavy atom. The van der Waals surface area contributed by atoms with Gasteiger partial charge in [-0.15, -0.1) is 0 Å². The van der Waals surface area contributed by atoms with Crippen LogP contribution in [0.15, 0.2) is 36.9 Å². The van der Waals surface area contributed by atoms with Gasteiger partial charge in [0, 0.05) is 16.9 Å². The first-order chi connectivity index (χ1) is 9.92. The molecule has 2 aromatic rings. The number of methoxy groups -OCH3 is 1. The van der Waals surface area contributed by atoms with E-state index in [0.29, 0.717) is 22.7 Å². The Kier molecular flexibility index (Phi) is 4.38. The van der Waals surface area contributed by atoms with Crippen LogP contribution in [0.3, 0.4) is 0 Å². The minimum absolute atomic E-state index is 0.0170. The number of aryl methyl sites for hydroxylation is 1. The van der Waals surface area contributed by atoms with Crippen LogP contribution < -0.4 is 10.1 Å². The van der Waals surface area contributed by atoms with Gasteiger partial charge in [0.05, 0.1) is 12.1 Å². The molecule has 0 saturated heterocycles. The van der Waals surface area contributed by atoms with E-state index in [0.717, 1.165) is 5.56 Å². The van der Waals surface area contributed by atoms with Gasteiger partial charge in [-0.1, -0.05) is 18.2 Å². The van der Waals surface area contributed by atoms with Gasteiger partial charge in [-0.05, 0) is 42.8 Å². The number of halogens is 2. The zero-order valence-electron chi connectivity index (χ0n) is 11.7. The number of anilines is 1. The van der Waals surface area contributed by atoms with Crippen LogP contribution in [-0.4, -0.2) is 12.2 Å². The molecule has 0 atom stereocenters. The molecule has 0 fully saturated rings. The second-order valence-corrected chi connectivity index (χ2v) is 4.98. The largest absolute Gasteiger partial charge is 0.504 e. The fourth-order valence-electron chi connectivity index (χ4n) is 1.97. The number of nitrogens with one attached hydrogen (secondary N) is 1. The van der Waals surface area contributed by atoms with E-state index in [-0.39, 0.29) is 10.8 Å². The summed E-state index contributed by atoms with van der Waals surface area (Å²) >= 11 is 5.64. The normalized spacial score (nSPS) is 10.3. The van der Waals surface area contributed by atoms with Crippen LogP contribution in [0.4, 0.5) is 10.1 Å².